The third kappa shape index (κ3) is 2.28. The number of halogens is 2. The van der Waals surface area contributed by atoms with Crippen LogP contribution in [0.1, 0.15) is 10.4 Å². The van der Waals surface area contributed by atoms with Gasteiger partial charge in [0.15, 0.2) is 0 Å². The van der Waals surface area contributed by atoms with Gasteiger partial charge >= 0.3 is 5.97 Å². The number of aromatic carboxylic acids is 1. The minimum atomic E-state index is -0.989. The van der Waals surface area contributed by atoms with E-state index >= 15 is 0 Å². The van der Waals surface area contributed by atoms with Gasteiger partial charge in [-0.05, 0) is 17.7 Å². The van der Waals surface area contributed by atoms with Crippen LogP contribution in [0, 0.1) is 0 Å². The smallest absolute Gasteiger partial charge is 0.336 e. The van der Waals surface area contributed by atoms with Gasteiger partial charge in [-0.15, -0.1) is 0 Å². The highest BCUT2D eigenvalue weighted by Crippen LogP contribution is 2.34. The summed E-state index contributed by atoms with van der Waals surface area (Å²) in [5.74, 6) is -0.989. The molecule has 0 radical (unpaired) electrons. The second-order valence-electron chi connectivity index (χ2n) is 3.45. The summed E-state index contributed by atoms with van der Waals surface area (Å²) in [6.07, 6.45) is 0. The van der Waals surface area contributed by atoms with Crippen molar-refractivity contribution in [1.82, 2.24) is 0 Å². The summed E-state index contributed by atoms with van der Waals surface area (Å²) in [4.78, 5) is 11.1. The summed E-state index contributed by atoms with van der Waals surface area (Å²) in [5.41, 5.74) is 1.39. The zero-order chi connectivity index (χ0) is 12.4. The highest BCUT2D eigenvalue weighted by Gasteiger charge is 2.14. The summed E-state index contributed by atoms with van der Waals surface area (Å²) < 4.78 is 0. The Kier molecular flexibility index (Phi) is 3.36. The maximum absolute atomic E-state index is 11.1. The maximum Gasteiger partial charge on any atom is 0.336 e. The van der Waals surface area contributed by atoms with Crippen molar-refractivity contribution >= 4 is 29.2 Å². The van der Waals surface area contributed by atoms with E-state index in [2.05, 4.69) is 0 Å². The Hall–Kier alpha value is -1.51. The third-order valence-electron chi connectivity index (χ3n) is 2.40. The van der Waals surface area contributed by atoms with E-state index < -0.39 is 5.97 Å². The minimum absolute atomic E-state index is 0.205. The molecule has 1 N–H and O–H groups in total. The van der Waals surface area contributed by atoms with Crippen LogP contribution in [0.4, 0.5) is 0 Å². The van der Waals surface area contributed by atoms with Crippen molar-refractivity contribution in [2.75, 3.05) is 0 Å². The van der Waals surface area contributed by atoms with E-state index in [1.807, 2.05) is 0 Å². The zero-order valence-electron chi connectivity index (χ0n) is 8.65. The lowest BCUT2D eigenvalue weighted by molar-refractivity contribution is 0.0698. The molecular weight excluding hydrogens is 259 g/mol. The van der Waals surface area contributed by atoms with Crippen LogP contribution < -0.4 is 0 Å². The summed E-state index contributed by atoms with van der Waals surface area (Å²) >= 11 is 12.0. The average Bonchev–Trinajstić information content (AvgIpc) is 2.33. The predicted molar refractivity (Wildman–Crippen MR) is 68.9 cm³/mol. The van der Waals surface area contributed by atoms with Crippen LogP contribution in [0.2, 0.25) is 10.0 Å². The monoisotopic (exact) mass is 266 g/mol. The lowest BCUT2D eigenvalue weighted by Crippen LogP contribution is -1.99. The van der Waals surface area contributed by atoms with Crippen LogP contribution in [0.25, 0.3) is 11.1 Å². The van der Waals surface area contributed by atoms with Crippen molar-refractivity contribution in [1.29, 1.82) is 0 Å². The Morgan fingerprint density at radius 2 is 1.59 bits per heavy atom. The first kappa shape index (κ1) is 12.0. The molecule has 2 rings (SSSR count). The quantitative estimate of drug-likeness (QED) is 0.877. The summed E-state index contributed by atoms with van der Waals surface area (Å²) in [5, 5.41) is 9.88. The molecule has 0 spiro atoms. The van der Waals surface area contributed by atoms with Crippen LogP contribution in [-0.2, 0) is 0 Å². The average molecular weight is 267 g/mol. The van der Waals surface area contributed by atoms with E-state index in [9.17, 15) is 4.79 Å². The second kappa shape index (κ2) is 4.78. The van der Waals surface area contributed by atoms with Crippen LogP contribution in [0.3, 0.4) is 0 Å². The molecule has 17 heavy (non-hydrogen) atoms. The topological polar surface area (TPSA) is 37.3 Å². The number of carbonyl (C=O) groups is 1. The second-order valence-corrected chi connectivity index (χ2v) is 4.24. The molecule has 86 valence electrons. The Bertz CT molecular complexity index is 579. The van der Waals surface area contributed by atoms with E-state index in [-0.39, 0.29) is 5.56 Å². The SMILES string of the molecule is O=C(O)c1ccccc1-c1cccc(Cl)c1Cl. The first-order valence-corrected chi connectivity index (χ1v) is 5.63. The molecule has 0 aliphatic carbocycles. The molecule has 0 bridgehead atoms. The fourth-order valence-corrected chi connectivity index (χ4v) is 2.02. The Morgan fingerprint density at radius 1 is 0.941 bits per heavy atom. The molecule has 0 atom stereocenters. The van der Waals surface area contributed by atoms with Crippen LogP contribution in [0.15, 0.2) is 42.5 Å². The fourth-order valence-electron chi connectivity index (χ4n) is 1.62. The van der Waals surface area contributed by atoms with Crippen molar-refractivity contribution in [3.05, 3.63) is 58.1 Å². The van der Waals surface area contributed by atoms with Crippen molar-refractivity contribution in [2.24, 2.45) is 0 Å². The van der Waals surface area contributed by atoms with Crippen LogP contribution in [-0.4, -0.2) is 11.1 Å². The van der Waals surface area contributed by atoms with Crippen molar-refractivity contribution in [3.8, 4) is 11.1 Å². The van der Waals surface area contributed by atoms with E-state index in [4.69, 9.17) is 28.3 Å². The highest BCUT2D eigenvalue weighted by atomic mass is 35.5. The van der Waals surface area contributed by atoms with Gasteiger partial charge in [0.1, 0.15) is 0 Å². The molecule has 0 amide bonds. The molecule has 0 fully saturated rings. The lowest BCUT2D eigenvalue weighted by Gasteiger charge is -2.08. The van der Waals surface area contributed by atoms with E-state index in [0.717, 1.165) is 0 Å². The number of benzene rings is 2. The molecule has 2 nitrogen and oxygen atoms in total. The number of rotatable bonds is 2. The molecule has 0 saturated carbocycles. The fraction of sp³-hybridized carbons (Fsp3) is 0. The van der Waals surface area contributed by atoms with Gasteiger partial charge in [-0.2, -0.15) is 0 Å². The summed E-state index contributed by atoms with van der Waals surface area (Å²) in [6, 6.07) is 11.8. The number of hydrogen-bond donors (Lipinski definition) is 1. The normalized spacial score (nSPS) is 10.2. The van der Waals surface area contributed by atoms with E-state index in [0.29, 0.717) is 21.2 Å². The van der Waals surface area contributed by atoms with E-state index in [1.54, 1.807) is 36.4 Å². The standard InChI is InChI=1S/C13H8Cl2O2/c14-11-7-3-6-9(12(11)15)8-4-1-2-5-10(8)13(16)17/h1-7H,(H,16,17). The van der Waals surface area contributed by atoms with Crippen molar-refractivity contribution < 1.29 is 9.90 Å². The summed E-state index contributed by atoms with van der Waals surface area (Å²) in [6.45, 7) is 0. The number of carboxylic acid groups (broad SMARTS) is 1. The largest absolute Gasteiger partial charge is 0.478 e. The third-order valence-corrected chi connectivity index (χ3v) is 3.22. The highest BCUT2D eigenvalue weighted by molar-refractivity contribution is 6.43. The van der Waals surface area contributed by atoms with Gasteiger partial charge in [-0.3, -0.25) is 0 Å². The first-order chi connectivity index (χ1) is 8.11. The van der Waals surface area contributed by atoms with Gasteiger partial charge in [0, 0.05) is 5.56 Å². The van der Waals surface area contributed by atoms with Gasteiger partial charge in [0.05, 0.1) is 15.6 Å². The molecule has 2 aromatic rings. The number of hydrogen-bond acceptors (Lipinski definition) is 1. The molecule has 0 unspecified atom stereocenters. The van der Waals surface area contributed by atoms with Gasteiger partial charge in [-0.1, -0.05) is 53.5 Å². The van der Waals surface area contributed by atoms with Crippen LogP contribution in [0.5, 0.6) is 0 Å². The van der Waals surface area contributed by atoms with Gasteiger partial charge < -0.3 is 5.11 Å². The molecule has 2 aromatic carbocycles. The molecule has 0 aliphatic heterocycles. The van der Waals surface area contributed by atoms with Gasteiger partial charge in [0.25, 0.3) is 0 Å². The molecule has 0 aromatic heterocycles. The molecule has 0 aliphatic rings. The zero-order valence-corrected chi connectivity index (χ0v) is 10.2. The van der Waals surface area contributed by atoms with Gasteiger partial charge in [0.2, 0.25) is 0 Å². The molecule has 0 heterocycles. The Labute approximate surface area is 108 Å². The summed E-state index contributed by atoms with van der Waals surface area (Å²) in [7, 11) is 0. The van der Waals surface area contributed by atoms with Crippen LogP contribution >= 0.6 is 23.2 Å². The lowest BCUT2D eigenvalue weighted by atomic mass is 10.00. The Balaban J connectivity index is 2.69. The first-order valence-electron chi connectivity index (χ1n) is 4.88. The molecule has 0 saturated heterocycles. The molecular formula is C13H8Cl2O2. The van der Waals surface area contributed by atoms with Gasteiger partial charge in [-0.25, -0.2) is 4.79 Å². The van der Waals surface area contributed by atoms with Crippen molar-refractivity contribution in [2.45, 2.75) is 0 Å². The maximum atomic E-state index is 11.1. The number of carboxylic acids is 1. The molecule has 4 heteroatoms. The minimum Gasteiger partial charge on any atom is -0.478 e. The Morgan fingerprint density at radius 3 is 2.29 bits per heavy atom. The van der Waals surface area contributed by atoms with E-state index in [1.165, 1.54) is 6.07 Å². The van der Waals surface area contributed by atoms with Crippen molar-refractivity contribution in [3.63, 3.8) is 0 Å². The predicted octanol–water partition coefficient (Wildman–Crippen LogP) is 4.36.